The lowest BCUT2D eigenvalue weighted by atomic mass is 9.98. The number of rotatable bonds is 6. The van der Waals surface area contributed by atoms with Crippen LogP contribution >= 0.6 is 0 Å². The first-order valence-corrected chi connectivity index (χ1v) is 10.5. The standard InChI is InChI=1S/C20H19F3N2O4S/c1-2-30(27,28)24-12-19(26)25-11-10-17-14(13-25)4-3-5-18(17)29-16-8-6-15(7-9-16)20(21,22)23/h2-9,24H,1,10-13H2. The summed E-state index contributed by atoms with van der Waals surface area (Å²) in [5.74, 6) is 0.403. The molecule has 160 valence electrons. The number of nitrogens with one attached hydrogen (secondary N) is 1. The minimum atomic E-state index is -4.42. The molecule has 0 aromatic heterocycles. The fourth-order valence-corrected chi connectivity index (χ4v) is 3.50. The van der Waals surface area contributed by atoms with Crippen molar-refractivity contribution in [3.8, 4) is 11.5 Å². The van der Waals surface area contributed by atoms with Gasteiger partial charge in [-0.2, -0.15) is 13.2 Å². The van der Waals surface area contributed by atoms with E-state index in [1.807, 2.05) is 6.07 Å². The monoisotopic (exact) mass is 440 g/mol. The molecule has 10 heteroatoms. The lowest BCUT2D eigenvalue weighted by Crippen LogP contribution is -2.42. The number of amides is 1. The number of ether oxygens (including phenoxy) is 1. The Morgan fingerprint density at radius 2 is 1.90 bits per heavy atom. The third kappa shape index (κ3) is 5.19. The molecule has 0 unspecified atom stereocenters. The van der Waals surface area contributed by atoms with E-state index < -0.39 is 21.8 Å². The van der Waals surface area contributed by atoms with Gasteiger partial charge in [0.1, 0.15) is 11.5 Å². The summed E-state index contributed by atoms with van der Waals surface area (Å²) in [6, 6.07) is 9.69. The Labute approximate surface area is 172 Å². The molecule has 0 spiro atoms. The second-order valence-corrected chi connectivity index (χ2v) is 8.33. The van der Waals surface area contributed by atoms with Crippen LogP contribution in [0.2, 0.25) is 0 Å². The van der Waals surface area contributed by atoms with Gasteiger partial charge in [0.15, 0.2) is 0 Å². The van der Waals surface area contributed by atoms with E-state index in [0.29, 0.717) is 18.7 Å². The van der Waals surface area contributed by atoms with E-state index in [4.69, 9.17) is 4.74 Å². The highest BCUT2D eigenvalue weighted by Gasteiger charge is 2.30. The molecule has 0 saturated heterocycles. The quantitative estimate of drug-likeness (QED) is 0.747. The zero-order chi connectivity index (χ0) is 21.9. The number of hydrogen-bond donors (Lipinski definition) is 1. The van der Waals surface area contributed by atoms with Crippen LogP contribution in [-0.4, -0.2) is 32.3 Å². The number of nitrogens with zero attached hydrogens (tertiary/aromatic N) is 1. The number of sulfonamides is 1. The van der Waals surface area contributed by atoms with Gasteiger partial charge in [0, 0.05) is 24.1 Å². The zero-order valence-corrected chi connectivity index (χ0v) is 16.6. The van der Waals surface area contributed by atoms with Crippen molar-refractivity contribution in [1.29, 1.82) is 0 Å². The highest BCUT2D eigenvalue weighted by Crippen LogP contribution is 2.34. The number of fused-ring (bicyclic) bond motifs is 1. The Balaban J connectivity index is 1.70. The molecule has 0 radical (unpaired) electrons. The summed E-state index contributed by atoms with van der Waals surface area (Å²) in [7, 11) is -3.69. The maximum absolute atomic E-state index is 12.7. The summed E-state index contributed by atoms with van der Waals surface area (Å²) < 4.78 is 68.8. The summed E-state index contributed by atoms with van der Waals surface area (Å²) in [5, 5.41) is 0.733. The van der Waals surface area contributed by atoms with Crippen LogP contribution in [0.5, 0.6) is 11.5 Å². The maximum atomic E-state index is 12.7. The van der Waals surface area contributed by atoms with E-state index in [1.165, 1.54) is 17.0 Å². The Morgan fingerprint density at radius 3 is 2.53 bits per heavy atom. The van der Waals surface area contributed by atoms with Crippen molar-refractivity contribution in [1.82, 2.24) is 9.62 Å². The Hall–Kier alpha value is -2.85. The molecule has 2 aromatic rings. The zero-order valence-electron chi connectivity index (χ0n) is 15.8. The average Bonchev–Trinajstić information content (AvgIpc) is 2.71. The summed E-state index contributed by atoms with van der Waals surface area (Å²) in [6.07, 6.45) is -3.95. The molecular formula is C20H19F3N2O4S. The lowest BCUT2D eigenvalue weighted by Gasteiger charge is -2.30. The van der Waals surface area contributed by atoms with E-state index in [2.05, 4.69) is 11.3 Å². The Bertz CT molecular complexity index is 1050. The summed E-state index contributed by atoms with van der Waals surface area (Å²) in [6.45, 7) is 3.43. The number of alkyl halides is 3. The number of carbonyl (C=O) groups is 1. The van der Waals surface area contributed by atoms with E-state index in [-0.39, 0.29) is 24.7 Å². The second kappa shape index (κ2) is 8.49. The average molecular weight is 440 g/mol. The van der Waals surface area contributed by atoms with Gasteiger partial charge < -0.3 is 9.64 Å². The van der Waals surface area contributed by atoms with Crippen LogP contribution in [0, 0.1) is 0 Å². The molecule has 0 aliphatic carbocycles. The molecule has 2 aromatic carbocycles. The van der Waals surface area contributed by atoms with Crippen molar-refractivity contribution in [2.45, 2.75) is 19.1 Å². The highest BCUT2D eigenvalue weighted by molar-refractivity contribution is 7.92. The minimum Gasteiger partial charge on any atom is -0.457 e. The van der Waals surface area contributed by atoms with E-state index in [9.17, 15) is 26.4 Å². The summed E-state index contributed by atoms with van der Waals surface area (Å²) in [5.41, 5.74) is 0.921. The van der Waals surface area contributed by atoms with Crippen LogP contribution in [0.25, 0.3) is 0 Å². The van der Waals surface area contributed by atoms with E-state index in [1.54, 1.807) is 12.1 Å². The Kier molecular flexibility index (Phi) is 6.18. The topological polar surface area (TPSA) is 75.7 Å². The normalized spacial score (nSPS) is 14.2. The van der Waals surface area contributed by atoms with Crippen molar-refractivity contribution >= 4 is 15.9 Å². The van der Waals surface area contributed by atoms with Crippen molar-refractivity contribution in [3.63, 3.8) is 0 Å². The van der Waals surface area contributed by atoms with Crippen molar-refractivity contribution in [2.24, 2.45) is 0 Å². The van der Waals surface area contributed by atoms with Gasteiger partial charge in [-0.3, -0.25) is 4.79 Å². The maximum Gasteiger partial charge on any atom is 0.416 e. The first-order valence-electron chi connectivity index (χ1n) is 8.95. The molecule has 0 bridgehead atoms. The predicted molar refractivity (Wildman–Crippen MR) is 104 cm³/mol. The predicted octanol–water partition coefficient (Wildman–Crippen LogP) is 3.45. The molecule has 0 atom stereocenters. The van der Waals surface area contributed by atoms with Gasteiger partial charge in [-0.05, 0) is 42.3 Å². The minimum absolute atomic E-state index is 0.272. The molecule has 1 aliphatic rings. The van der Waals surface area contributed by atoms with Gasteiger partial charge in [-0.15, -0.1) is 0 Å². The number of hydrogen-bond acceptors (Lipinski definition) is 4. The number of benzene rings is 2. The van der Waals surface area contributed by atoms with E-state index >= 15 is 0 Å². The van der Waals surface area contributed by atoms with Gasteiger partial charge in [0.25, 0.3) is 0 Å². The third-order valence-electron chi connectivity index (χ3n) is 4.63. The van der Waals surface area contributed by atoms with Crippen molar-refractivity contribution < 1.29 is 31.1 Å². The molecule has 3 rings (SSSR count). The fraction of sp³-hybridized carbons (Fsp3) is 0.250. The molecule has 1 heterocycles. The summed E-state index contributed by atoms with van der Waals surface area (Å²) in [4.78, 5) is 13.8. The van der Waals surface area contributed by atoms with Crippen LogP contribution < -0.4 is 9.46 Å². The third-order valence-corrected chi connectivity index (χ3v) is 5.61. The largest absolute Gasteiger partial charge is 0.457 e. The van der Waals surface area contributed by atoms with Gasteiger partial charge in [0.05, 0.1) is 12.1 Å². The molecule has 1 N–H and O–H groups in total. The fourth-order valence-electron chi connectivity index (χ4n) is 3.05. The lowest BCUT2D eigenvalue weighted by molar-refractivity contribution is -0.137. The van der Waals surface area contributed by atoms with Crippen LogP contribution in [0.15, 0.2) is 54.5 Å². The van der Waals surface area contributed by atoms with Crippen molar-refractivity contribution in [3.05, 3.63) is 71.1 Å². The molecule has 6 nitrogen and oxygen atoms in total. The molecule has 1 aliphatic heterocycles. The number of carbonyl (C=O) groups excluding carboxylic acids is 1. The van der Waals surface area contributed by atoms with Gasteiger partial charge in [-0.1, -0.05) is 18.7 Å². The van der Waals surface area contributed by atoms with Gasteiger partial charge >= 0.3 is 6.18 Å². The first-order chi connectivity index (χ1) is 14.1. The van der Waals surface area contributed by atoms with Crippen LogP contribution in [0.4, 0.5) is 13.2 Å². The van der Waals surface area contributed by atoms with Crippen LogP contribution in [0.3, 0.4) is 0 Å². The van der Waals surface area contributed by atoms with E-state index in [0.717, 1.165) is 28.7 Å². The summed E-state index contributed by atoms with van der Waals surface area (Å²) >= 11 is 0. The molecule has 30 heavy (non-hydrogen) atoms. The number of halogens is 3. The molecule has 0 fully saturated rings. The van der Waals surface area contributed by atoms with Crippen LogP contribution in [-0.2, 0) is 34.0 Å². The first kappa shape index (κ1) is 21.8. The highest BCUT2D eigenvalue weighted by atomic mass is 32.2. The van der Waals surface area contributed by atoms with Gasteiger partial charge in [0.2, 0.25) is 15.9 Å². The Morgan fingerprint density at radius 1 is 1.20 bits per heavy atom. The molecular weight excluding hydrogens is 421 g/mol. The molecule has 1 amide bonds. The SMILES string of the molecule is C=CS(=O)(=O)NCC(=O)N1CCc2c(cccc2Oc2ccc(C(F)(F)F)cc2)C1. The smallest absolute Gasteiger partial charge is 0.416 e. The van der Waals surface area contributed by atoms with Gasteiger partial charge in [-0.25, -0.2) is 13.1 Å². The second-order valence-electron chi connectivity index (χ2n) is 6.62. The molecule has 0 saturated carbocycles. The van der Waals surface area contributed by atoms with Crippen molar-refractivity contribution in [2.75, 3.05) is 13.1 Å². The van der Waals surface area contributed by atoms with Crippen LogP contribution in [0.1, 0.15) is 16.7 Å².